The molecule has 0 bridgehead atoms. The molecule has 5 rings (SSSR count). The van der Waals surface area contributed by atoms with Gasteiger partial charge in [-0.1, -0.05) is 57.9 Å². The summed E-state index contributed by atoms with van der Waals surface area (Å²) in [7, 11) is 0. The molecule has 0 unspecified atom stereocenters. The van der Waals surface area contributed by atoms with Gasteiger partial charge in [0.2, 0.25) is 11.7 Å². The summed E-state index contributed by atoms with van der Waals surface area (Å²) in [5.74, 6) is 0.787. The molecule has 212 valence electrons. The average molecular weight is 532 g/mol. The van der Waals surface area contributed by atoms with Crippen LogP contribution in [0, 0.1) is 33.0 Å². The van der Waals surface area contributed by atoms with E-state index in [2.05, 4.69) is 46.8 Å². The molecule has 0 aromatic carbocycles. The molecule has 5 aliphatic carbocycles. The lowest BCUT2D eigenvalue weighted by atomic mass is 9.33. The van der Waals surface area contributed by atoms with Crippen LogP contribution in [0.1, 0.15) is 107 Å². The molecule has 0 heterocycles. The van der Waals surface area contributed by atoms with Crippen molar-refractivity contribution in [3.63, 3.8) is 0 Å². The number of ether oxygens (including phenoxy) is 1. The molecule has 2 N–H and O–H groups in total. The Hall–Kier alpha value is -2.36. The number of fused-ring (bicyclic) bond motifs is 7. The van der Waals surface area contributed by atoms with E-state index in [1.165, 1.54) is 23.1 Å². The Kier molecular flexibility index (Phi) is 6.56. The highest BCUT2D eigenvalue weighted by Crippen LogP contribution is 2.76. The lowest BCUT2D eigenvalue weighted by molar-refractivity contribution is -0.176. The Morgan fingerprint density at radius 2 is 1.74 bits per heavy atom. The van der Waals surface area contributed by atoms with Gasteiger partial charge in [0.25, 0.3) is 0 Å². The van der Waals surface area contributed by atoms with Gasteiger partial charge in [-0.05, 0) is 118 Å². The zero-order chi connectivity index (χ0) is 28.6. The molecule has 0 radical (unpaired) electrons. The number of ketones is 1. The summed E-state index contributed by atoms with van der Waals surface area (Å²) in [6, 6.07) is 0. The summed E-state index contributed by atoms with van der Waals surface area (Å²) in [4.78, 5) is 26.1. The first-order valence-corrected chi connectivity index (χ1v) is 15.1. The molecular weight excluding hydrogens is 482 g/mol. The maximum absolute atomic E-state index is 13.4. The molecule has 0 spiro atoms. The second kappa shape index (κ2) is 9.08. The zero-order valence-electron chi connectivity index (χ0n) is 25.6. The molecule has 3 saturated carbocycles. The highest BCUT2D eigenvalue weighted by atomic mass is 16.5. The third kappa shape index (κ3) is 3.83. The third-order valence-corrected chi connectivity index (χ3v) is 12.5. The number of allylic oxidation sites excluding steroid dienone is 8. The largest absolute Gasteiger partial charge is 0.485 e. The third-order valence-electron chi connectivity index (χ3n) is 12.5. The molecule has 0 aromatic heterocycles. The quantitative estimate of drug-likeness (QED) is 0.366. The van der Waals surface area contributed by atoms with Crippen molar-refractivity contribution in [2.24, 2.45) is 38.7 Å². The molecule has 0 aromatic rings. The van der Waals surface area contributed by atoms with E-state index in [4.69, 9.17) is 10.5 Å². The Balaban J connectivity index is 1.60. The number of amides is 1. The van der Waals surface area contributed by atoms with Crippen LogP contribution in [-0.4, -0.2) is 18.3 Å². The van der Waals surface area contributed by atoms with Gasteiger partial charge in [0.1, 0.15) is 6.61 Å². The molecule has 6 atom stereocenters. The monoisotopic (exact) mass is 531 g/mol. The normalized spacial score (nSPS) is 41.2. The zero-order valence-corrected chi connectivity index (χ0v) is 25.6. The van der Waals surface area contributed by atoms with Crippen molar-refractivity contribution >= 4 is 11.7 Å². The Morgan fingerprint density at radius 3 is 2.38 bits per heavy atom. The fourth-order valence-corrected chi connectivity index (χ4v) is 9.71. The molecular formula is C35H49NO3. The van der Waals surface area contributed by atoms with Gasteiger partial charge in [-0.15, -0.1) is 0 Å². The van der Waals surface area contributed by atoms with Crippen LogP contribution in [0.3, 0.4) is 0 Å². The van der Waals surface area contributed by atoms with E-state index < -0.39 is 5.41 Å². The number of carbonyl (C=O) groups excluding carboxylic acids is 2. The number of nitrogens with two attached hydrogens (primary N) is 1. The summed E-state index contributed by atoms with van der Waals surface area (Å²) in [6.45, 7) is 18.4. The number of hydrogen-bond donors (Lipinski definition) is 1. The Morgan fingerprint density at radius 1 is 1.05 bits per heavy atom. The average Bonchev–Trinajstić information content (AvgIpc) is 2.87. The van der Waals surface area contributed by atoms with Crippen LogP contribution in [0.15, 0.2) is 57.9 Å². The van der Waals surface area contributed by atoms with Crippen LogP contribution in [0.2, 0.25) is 0 Å². The van der Waals surface area contributed by atoms with Gasteiger partial charge in [-0.25, -0.2) is 0 Å². The minimum atomic E-state index is -0.429. The van der Waals surface area contributed by atoms with E-state index in [0.29, 0.717) is 18.3 Å². The highest BCUT2D eigenvalue weighted by Gasteiger charge is 2.68. The molecule has 0 saturated heterocycles. The smallest absolute Gasteiger partial charge is 0.223 e. The lowest BCUT2D eigenvalue weighted by Crippen LogP contribution is -2.63. The SMILES string of the molecule is CC[C@@]12CC[C@@]3(C)C4=CC(=O)C(OCC=C(C)C)=C(C)C4=CC=C3[C@@]1(C)CC[C@@]1(C)CC[C@@](C)(C(N)=O)C[C@H]12. The Bertz CT molecular complexity index is 1270. The molecule has 1 amide bonds. The van der Waals surface area contributed by atoms with Crippen molar-refractivity contribution in [1.82, 2.24) is 0 Å². The summed E-state index contributed by atoms with van der Waals surface area (Å²) in [5.41, 5.74) is 11.7. The van der Waals surface area contributed by atoms with Crippen molar-refractivity contribution in [2.45, 2.75) is 107 Å². The summed E-state index contributed by atoms with van der Waals surface area (Å²) < 4.78 is 5.99. The van der Waals surface area contributed by atoms with Gasteiger partial charge >= 0.3 is 0 Å². The van der Waals surface area contributed by atoms with Crippen molar-refractivity contribution < 1.29 is 14.3 Å². The second-order valence-electron chi connectivity index (χ2n) is 14.6. The van der Waals surface area contributed by atoms with E-state index >= 15 is 0 Å². The van der Waals surface area contributed by atoms with Crippen LogP contribution >= 0.6 is 0 Å². The molecule has 0 aliphatic heterocycles. The first-order valence-electron chi connectivity index (χ1n) is 15.1. The maximum atomic E-state index is 13.4. The predicted octanol–water partition coefficient (Wildman–Crippen LogP) is 7.91. The van der Waals surface area contributed by atoms with E-state index in [9.17, 15) is 9.59 Å². The number of hydrogen-bond acceptors (Lipinski definition) is 3. The van der Waals surface area contributed by atoms with E-state index in [0.717, 1.165) is 56.1 Å². The summed E-state index contributed by atoms with van der Waals surface area (Å²) in [5, 5.41) is 0. The molecule has 3 fully saturated rings. The summed E-state index contributed by atoms with van der Waals surface area (Å²) >= 11 is 0. The molecule has 4 nitrogen and oxygen atoms in total. The van der Waals surface area contributed by atoms with Crippen LogP contribution < -0.4 is 5.73 Å². The van der Waals surface area contributed by atoms with Crippen molar-refractivity contribution in [3.05, 3.63) is 57.9 Å². The highest BCUT2D eigenvalue weighted by molar-refractivity contribution is 6.07. The van der Waals surface area contributed by atoms with Gasteiger partial charge < -0.3 is 10.5 Å². The van der Waals surface area contributed by atoms with E-state index in [-0.39, 0.29) is 33.4 Å². The Labute approximate surface area is 235 Å². The second-order valence-corrected chi connectivity index (χ2v) is 14.6. The standard InChI is InChI=1S/C35H49NO3/c1-9-35-18-16-33(7)25-20-26(37)29(39-19-12-22(2)3)23(4)24(25)10-11-27(33)34(35,8)17-15-31(5)13-14-32(6,30(36)38)21-28(31)35/h10-12,20,28H,9,13-19,21H2,1-8H3,(H2,36,38)/t28-,31-,32-,33+,34-,35+/m1/s1. The number of rotatable bonds is 5. The first-order chi connectivity index (χ1) is 18.2. The van der Waals surface area contributed by atoms with Crippen molar-refractivity contribution in [3.8, 4) is 0 Å². The van der Waals surface area contributed by atoms with Gasteiger partial charge in [0.05, 0.1) is 0 Å². The van der Waals surface area contributed by atoms with Crippen LogP contribution in [0.5, 0.6) is 0 Å². The van der Waals surface area contributed by atoms with Crippen molar-refractivity contribution in [1.29, 1.82) is 0 Å². The summed E-state index contributed by atoms with van der Waals surface area (Å²) in [6.07, 6.45) is 17.0. The van der Waals surface area contributed by atoms with Crippen LogP contribution in [0.25, 0.3) is 0 Å². The lowest BCUT2D eigenvalue weighted by Gasteiger charge is -2.71. The van der Waals surface area contributed by atoms with E-state index in [1.807, 2.05) is 32.9 Å². The van der Waals surface area contributed by atoms with Crippen LogP contribution in [-0.2, 0) is 14.3 Å². The molecule has 4 heteroatoms. The van der Waals surface area contributed by atoms with Crippen LogP contribution in [0.4, 0.5) is 0 Å². The molecule has 5 aliphatic rings. The fraction of sp³-hybridized carbons (Fsp3) is 0.657. The predicted molar refractivity (Wildman–Crippen MR) is 157 cm³/mol. The van der Waals surface area contributed by atoms with Gasteiger partial charge in [-0.3, -0.25) is 9.59 Å². The minimum absolute atomic E-state index is 0.00140. The maximum Gasteiger partial charge on any atom is 0.223 e. The molecule has 39 heavy (non-hydrogen) atoms. The van der Waals surface area contributed by atoms with Gasteiger partial charge in [0, 0.05) is 16.4 Å². The van der Waals surface area contributed by atoms with Gasteiger partial charge in [0.15, 0.2) is 5.76 Å². The van der Waals surface area contributed by atoms with Crippen molar-refractivity contribution in [2.75, 3.05) is 6.61 Å². The van der Waals surface area contributed by atoms with E-state index in [1.54, 1.807) is 0 Å². The van der Waals surface area contributed by atoms with Gasteiger partial charge in [-0.2, -0.15) is 0 Å². The fourth-order valence-electron chi connectivity index (χ4n) is 9.71. The number of carbonyl (C=O) groups is 2. The first kappa shape index (κ1) is 28.2. The topological polar surface area (TPSA) is 69.4 Å². The minimum Gasteiger partial charge on any atom is -0.485 e. The number of primary amides is 1.